The second-order valence-electron chi connectivity index (χ2n) is 4.45. The van der Waals surface area contributed by atoms with E-state index in [0.717, 1.165) is 0 Å². The van der Waals surface area contributed by atoms with Crippen LogP contribution in [0.4, 0.5) is 0 Å². The van der Waals surface area contributed by atoms with Crippen molar-refractivity contribution in [3.63, 3.8) is 0 Å². The number of pyridine rings is 1. The molecule has 1 amide bonds. The van der Waals surface area contributed by atoms with Crippen molar-refractivity contribution in [3.8, 4) is 0 Å². The first-order valence-electron chi connectivity index (χ1n) is 5.80. The van der Waals surface area contributed by atoms with E-state index in [4.69, 9.17) is 33.0 Å². The van der Waals surface area contributed by atoms with E-state index >= 15 is 0 Å². The molecule has 2 heterocycles. The van der Waals surface area contributed by atoms with E-state index in [0.29, 0.717) is 0 Å². The van der Waals surface area contributed by atoms with E-state index < -0.39 is 23.8 Å². The van der Waals surface area contributed by atoms with Gasteiger partial charge in [0, 0.05) is 13.2 Å². The Hall–Kier alpha value is -1.37. The molecule has 1 saturated heterocycles. The van der Waals surface area contributed by atoms with Gasteiger partial charge in [0.1, 0.15) is 11.1 Å². The highest BCUT2D eigenvalue weighted by molar-refractivity contribution is 6.35. The Labute approximate surface area is 125 Å². The summed E-state index contributed by atoms with van der Waals surface area (Å²) in [5.41, 5.74) is 0.185. The number of hydrogen-bond acceptors (Lipinski definition) is 4. The van der Waals surface area contributed by atoms with Crippen molar-refractivity contribution in [2.24, 2.45) is 5.92 Å². The molecular formula is C12H12Cl2N2O4. The van der Waals surface area contributed by atoms with E-state index in [1.807, 2.05) is 0 Å². The van der Waals surface area contributed by atoms with Gasteiger partial charge in [0.15, 0.2) is 0 Å². The van der Waals surface area contributed by atoms with E-state index in [1.54, 1.807) is 0 Å². The molecule has 8 heteroatoms. The summed E-state index contributed by atoms with van der Waals surface area (Å²) in [4.78, 5) is 28.6. The lowest BCUT2D eigenvalue weighted by atomic mass is 10.0. The number of carbonyl (C=O) groups excluding carboxylic acids is 1. The SMILES string of the molecule is CN(C(=O)c1cc(Cl)ncc1Cl)C1COCC1C(=O)O. The van der Waals surface area contributed by atoms with Gasteiger partial charge in [0.25, 0.3) is 5.91 Å². The minimum atomic E-state index is -0.994. The Bertz CT molecular complexity index is 552. The summed E-state index contributed by atoms with van der Waals surface area (Å²) < 4.78 is 5.15. The molecular weight excluding hydrogens is 307 g/mol. The fourth-order valence-electron chi connectivity index (χ4n) is 2.08. The molecule has 6 nitrogen and oxygen atoms in total. The fourth-order valence-corrected chi connectivity index (χ4v) is 2.42. The average molecular weight is 319 g/mol. The van der Waals surface area contributed by atoms with Crippen molar-refractivity contribution >= 4 is 35.1 Å². The molecule has 0 aromatic carbocycles. The van der Waals surface area contributed by atoms with Crippen LogP contribution in [-0.4, -0.2) is 53.2 Å². The highest BCUT2D eigenvalue weighted by Crippen LogP contribution is 2.24. The fraction of sp³-hybridized carbons (Fsp3) is 0.417. The first-order valence-corrected chi connectivity index (χ1v) is 6.56. The second-order valence-corrected chi connectivity index (χ2v) is 5.25. The number of carboxylic acid groups (broad SMARTS) is 1. The Morgan fingerprint density at radius 2 is 2.15 bits per heavy atom. The molecule has 0 bridgehead atoms. The van der Waals surface area contributed by atoms with Crippen LogP contribution >= 0.6 is 23.2 Å². The third-order valence-electron chi connectivity index (χ3n) is 3.24. The number of hydrogen-bond donors (Lipinski definition) is 1. The van der Waals surface area contributed by atoms with Gasteiger partial charge in [-0.2, -0.15) is 0 Å². The number of carbonyl (C=O) groups is 2. The maximum atomic E-state index is 12.4. The van der Waals surface area contributed by atoms with Gasteiger partial charge in [0.05, 0.1) is 29.8 Å². The third-order valence-corrected chi connectivity index (χ3v) is 3.75. The Balaban J connectivity index is 2.24. The van der Waals surface area contributed by atoms with Crippen LogP contribution in [0.5, 0.6) is 0 Å². The molecule has 20 heavy (non-hydrogen) atoms. The molecule has 2 unspecified atom stereocenters. The van der Waals surface area contributed by atoms with Crippen LogP contribution in [0, 0.1) is 5.92 Å². The number of aromatic nitrogens is 1. The van der Waals surface area contributed by atoms with Crippen molar-refractivity contribution < 1.29 is 19.4 Å². The third kappa shape index (κ3) is 2.87. The van der Waals surface area contributed by atoms with Gasteiger partial charge in [-0.25, -0.2) is 4.98 Å². The average Bonchev–Trinajstić information content (AvgIpc) is 2.89. The molecule has 1 fully saturated rings. The molecule has 0 saturated carbocycles. The van der Waals surface area contributed by atoms with Crippen molar-refractivity contribution in [1.82, 2.24) is 9.88 Å². The van der Waals surface area contributed by atoms with Gasteiger partial charge < -0.3 is 14.7 Å². The van der Waals surface area contributed by atoms with E-state index in [9.17, 15) is 9.59 Å². The maximum Gasteiger partial charge on any atom is 0.311 e. The minimum absolute atomic E-state index is 0.0858. The van der Waals surface area contributed by atoms with Crippen molar-refractivity contribution in [1.29, 1.82) is 0 Å². The summed E-state index contributed by atoms with van der Waals surface area (Å²) in [5, 5.41) is 9.41. The van der Waals surface area contributed by atoms with Crippen LogP contribution in [0.25, 0.3) is 0 Å². The summed E-state index contributed by atoms with van der Waals surface area (Å²) in [5.74, 6) is -2.16. The number of likely N-dealkylation sites (N-methyl/N-ethyl adjacent to an activating group) is 1. The molecule has 108 valence electrons. The van der Waals surface area contributed by atoms with Gasteiger partial charge in [-0.1, -0.05) is 23.2 Å². The minimum Gasteiger partial charge on any atom is -0.481 e. The molecule has 1 aromatic heterocycles. The van der Waals surface area contributed by atoms with Crippen LogP contribution in [-0.2, 0) is 9.53 Å². The predicted molar refractivity (Wildman–Crippen MR) is 72.1 cm³/mol. The summed E-state index contributed by atoms with van der Waals surface area (Å²) in [6.07, 6.45) is 1.28. The largest absolute Gasteiger partial charge is 0.481 e. The maximum absolute atomic E-state index is 12.4. The summed E-state index contributed by atoms with van der Waals surface area (Å²) >= 11 is 11.7. The normalized spacial score (nSPS) is 21.8. The Kier molecular flexibility index (Phi) is 4.47. The summed E-state index contributed by atoms with van der Waals surface area (Å²) in [6, 6.07) is 0.817. The lowest BCUT2D eigenvalue weighted by Crippen LogP contribution is -2.44. The van der Waals surface area contributed by atoms with E-state index in [1.165, 1.54) is 24.2 Å². The zero-order valence-electron chi connectivity index (χ0n) is 10.5. The summed E-state index contributed by atoms with van der Waals surface area (Å²) in [7, 11) is 1.52. The molecule has 2 rings (SSSR count). The first-order chi connectivity index (χ1) is 9.41. The van der Waals surface area contributed by atoms with Gasteiger partial charge in [-0.05, 0) is 6.07 Å². The lowest BCUT2D eigenvalue weighted by Gasteiger charge is -2.26. The highest BCUT2D eigenvalue weighted by atomic mass is 35.5. The predicted octanol–water partition coefficient (Wildman–Crippen LogP) is 1.56. The van der Waals surface area contributed by atoms with Crippen LogP contribution < -0.4 is 0 Å². The van der Waals surface area contributed by atoms with Crippen LogP contribution in [0.2, 0.25) is 10.2 Å². The number of aliphatic carboxylic acids is 1. The molecule has 1 aliphatic rings. The number of halogens is 2. The first kappa shape index (κ1) is 15.0. The zero-order chi connectivity index (χ0) is 14.9. The number of amides is 1. The van der Waals surface area contributed by atoms with Crippen LogP contribution in [0.1, 0.15) is 10.4 Å². The number of carboxylic acids is 1. The van der Waals surface area contributed by atoms with Crippen LogP contribution in [0.15, 0.2) is 12.3 Å². The molecule has 1 aromatic rings. The molecule has 1 N–H and O–H groups in total. The van der Waals surface area contributed by atoms with Crippen molar-refractivity contribution in [3.05, 3.63) is 28.0 Å². The standard InChI is InChI=1S/C12H12Cl2N2O4/c1-16(9-5-20-4-7(9)12(18)19)11(17)6-2-10(14)15-3-8(6)13/h2-3,7,9H,4-5H2,1H3,(H,18,19). The summed E-state index contributed by atoms with van der Waals surface area (Å²) in [6.45, 7) is 0.262. The highest BCUT2D eigenvalue weighted by Gasteiger charge is 2.39. The molecule has 2 atom stereocenters. The van der Waals surface area contributed by atoms with Crippen LogP contribution in [0.3, 0.4) is 0 Å². The van der Waals surface area contributed by atoms with Gasteiger partial charge in [-0.15, -0.1) is 0 Å². The Morgan fingerprint density at radius 3 is 2.80 bits per heavy atom. The molecule has 0 aliphatic carbocycles. The van der Waals surface area contributed by atoms with Gasteiger partial charge >= 0.3 is 5.97 Å². The van der Waals surface area contributed by atoms with Crippen molar-refractivity contribution in [2.45, 2.75) is 6.04 Å². The lowest BCUT2D eigenvalue weighted by molar-refractivity contribution is -0.142. The van der Waals surface area contributed by atoms with Crippen molar-refractivity contribution in [2.75, 3.05) is 20.3 Å². The monoisotopic (exact) mass is 318 g/mol. The number of nitrogens with zero attached hydrogens (tertiary/aromatic N) is 2. The van der Waals surface area contributed by atoms with Gasteiger partial charge in [-0.3, -0.25) is 9.59 Å². The molecule has 0 radical (unpaired) electrons. The zero-order valence-corrected chi connectivity index (χ0v) is 12.1. The molecule has 0 spiro atoms. The topological polar surface area (TPSA) is 79.7 Å². The van der Waals surface area contributed by atoms with E-state index in [-0.39, 0.29) is 29.0 Å². The number of rotatable bonds is 3. The molecule has 1 aliphatic heterocycles. The van der Waals surface area contributed by atoms with Gasteiger partial charge in [0.2, 0.25) is 0 Å². The second kappa shape index (κ2) is 5.95. The quantitative estimate of drug-likeness (QED) is 0.855. The Morgan fingerprint density at radius 1 is 1.45 bits per heavy atom. The number of ether oxygens (including phenoxy) is 1. The van der Waals surface area contributed by atoms with E-state index in [2.05, 4.69) is 4.98 Å². The smallest absolute Gasteiger partial charge is 0.311 e.